The van der Waals surface area contributed by atoms with E-state index < -0.39 is 0 Å². The van der Waals surface area contributed by atoms with Gasteiger partial charge in [0.25, 0.3) is 0 Å². The van der Waals surface area contributed by atoms with Gasteiger partial charge in [0, 0.05) is 18.3 Å². The highest BCUT2D eigenvalue weighted by Crippen LogP contribution is 2.07. The van der Waals surface area contributed by atoms with Crippen molar-refractivity contribution in [2.75, 3.05) is 11.9 Å². The molecule has 0 radical (unpaired) electrons. The highest BCUT2D eigenvalue weighted by molar-refractivity contribution is 5.92. The van der Waals surface area contributed by atoms with Crippen LogP contribution < -0.4 is 10.6 Å². The second kappa shape index (κ2) is 5.92. The van der Waals surface area contributed by atoms with E-state index in [0.29, 0.717) is 12.2 Å². The number of hydrogen-bond donors (Lipinski definition) is 2. The van der Waals surface area contributed by atoms with Crippen molar-refractivity contribution in [3.63, 3.8) is 0 Å². The number of hydrogen-bond acceptors (Lipinski definition) is 4. The number of rotatable bonds is 5. The van der Waals surface area contributed by atoms with Crippen LogP contribution in [-0.2, 0) is 11.3 Å². The highest BCUT2D eigenvalue weighted by Gasteiger charge is 2.03. The molecule has 1 amide bonds. The summed E-state index contributed by atoms with van der Waals surface area (Å²) in [5.41, 5.74) is 1.29. The van der Waals surface area contributed by atoms with Crippen LogP contribution >= 0.6 is 0 Å². The minimum Gasteiger partial charge on any atom is -0.364 e. The summed E-state index contributed by atoms with van der Waals surface area (Å²) in [7, 11) is 0. The number of carbonyl (C=O) groups excluding carboxylic acids is 1. The Morgan fingerprint density at radius 3 is 2.72 bits per heavy atom. The van der Waals surface area contributed by atoms with Gasteiger partial charge in [-0.15, -0.1) is 0 Å². The predicted molar refractivity (Wildman–Crippen MR) is 63.2 cm³/mol. The molecular weight excluding hydrogens is 237 g/mol. The van der Waals surface area contributed by atoms with Crippen LogP contribution in [0.1, 0.15) is 5.69 Å². The van der Waals surface area contributed by atoms with Crippen LogP contribution in [0.15, 0.2) is 41.1 Å². The monoisotopic (exact) mass is 249 g/mol. The van der Waals surface area contributed by atoms with E-state index in [1.54, 1.807) is 6.07 Å². The van der Waals surface area contributed by atoms with Crippen LogP contribution in [0.5, 0.6) is 0 Å². The zero-order valence-electron chi connectivity index (χ0n) is 9.52. The molecule has 0 bridgehead atoms. The summed E-state index contributed by atoms with van der Waals surface area (Å²) in [5, 5.41) is 9.24. The average molecular weight is 249 g/mol. The molecule has 94 valence electrons. The van der Waals surface area contributed by atoms with Gasteiger partial charge in [0.1, 0.15) is 12.1 Å². The van der Waals surface area contributed by atoms with E-state index in [-0.39, 0.29) is 18.3 Å². The van der Waals surface area contributed by atoms with Crippen molar-refractivity contribution in [3.8, 4) is 0 Å². The fourth-order valence-electron chi connectivity index (χ4n) is 1.37. The van der Waals surface area contributed by atoms with Crippen LogP contribution in [0.4, 0.5) is 10.1 Å². The minimum absolute atomic E-state index is 0.143. The molecule has 5 nitrogen and oxygen atoms in total. The lowest BCUT2D eigenvalue weighted by atomic mass is 10.3. The summed E-state index contributed by atoms with van der Waals surface area (Å²) in [6.45, 7) is 0.595. The maximum atomic E-state index is 12.6. The molecule has 1 heterocycles. The predicted octanol–water partition coefficient (Wildman–Crippen LogP) is 1.54. The van der Waals surface area contributed by atoms with E-state index in [0.717, 1.165) is 5.69 Å². The number of benzene rings is 1. The topological polar surface area (TPSA) is 67.2 Å². The third-order valence-electron chi connectivity index (χ3n) is 2.21. The second-order valence-corrected chi connectivity index (χ2v) is 3.65. The van der Waals surface area contributed by atoms with Crippen molar-refractivity contribution in [3.05, 3.63) is 48.1 Å². The standard InChI is InChI=1S/C12H12FN3O2/c13-9-1-3-10(4-2-9)15-12(17)8-14-7-11-5-6-18-16-11/h1-6,14H,7-8H2,(H,15,17). The summed E-state index contributed by atoms with van der Waals surface area (Å²) >= 11 is 0. The molecule has 1 aromatic heterocycles. The zero-order valence-corrected chi connectivity index (χ0v) is 9.52. The van der Waals surface area contributed by atoms with Gasteiger partial charge in [-0.25, -0.2) is 4.39 Å². The molecule has 1 aromatic carbocycles. The highest BCUT2D eigenvalue weighted by atomic mass is 19.1. The Morgan fingerprint density at radius 2 is 2.06 bits per heavy atom. The average Bonchev–Trinajstić information content (AvgIpc) is 2.85. The number of amides is 1. The molecule has 0 unspecified atom stereocenters. The van der Waals surface area contributed by atoms with Crippen molar-refractivity contribution in [1.29, 1.82) is 0 Å². The van der Waals surface area contributed by atoms with Crippen LogP contribution in [0.3, 0.4) is 0 Å². The van der Waals surface area contributed by atoms with Gasteiger partial charge in [0.05, 0.1) is 12.2 Å². The van der Waals surface area contributed by atoms with Gasteiger partial charge in [0.15, 0.2) is 0 Å². The van der Waals surface area contributed by atoms with Gasteiger partial charge < -0.3 is 15.2 Å². The molecule has 0 spiro atoms. The normalized spacial score (nSPS) is 10.3. The third kappa shape index (κ3) is 3.67. The number of carbonyl (C=O) groups is 1. The molecule has 2 N–H and O–H groups in total. The number of nitrogens with one attached hydrogen (secondary N) is 2. The Morgan fingerprint density at radius 1 is 1.28 bits per heavy atom. The molecular formula is C12H12FN3O2. The number of anilines is 1. The van der Waals surface area contributed by atoms with Gasteiger partial charge in [0.2, 0.25) is 5.91 Å². The van der Waals surface area contributed by atoms with Gasteiger partial charge in [-0.05, 0) is 24.3 Å². The Labute approximate surface area is 103 Å². The van der Waals surface area contributed by atoms with E-state index in [1.165, 1.54) is 30.5 Å². The molecule has 2 aromatic rings. The van der Waals surface area contributed by atoms with E-state index in [1.807, 2.05) is 0 Å². The largest absolute Gasteiger partial charge is 0.364 e. The Hall–Kier alpha value is -2.21. The van der Waals surface area contributed by atoms with Gasteiger partial charge >= 0.3 is 0 Å². The maximum Gasteiger partial charge on any atom is 0.238 e. The number of halogens is 1. The van der Waals surface area contributed by atoms with Crippen molar-refractivity contribution < 1.29 is 13.7 Å². The fraction of sp³-hybridized carbons (Fsp3) is 0.167. The minimum atomic E-state index is -0.336. The molecule has 0 atom stereocenters. The Bertz CT molecular complexity index is 497. The molecule has 0 saturated heterocycles. The van der Waals surface area contributed by atoms with E-state index >= 15 is 0 Å². The summed E-state index contributed by atoms with van der Waals surface area (Å²) in [6.07, 6.45) is 1.47. The summed E-state index contributed by atoms with van der Waals surface area (Å²) in [5.74, 6) is -0.540. The van der Waals surface area contributed by atoms with Crippen molar-refractivity contribution in [2.45, 2.75) is 6.54 Å². The van der Waals surface area contributed by atoms with Crippen LogP contribution in [0.2, 0.25) is 0 Å². The second-order valence-electron chi connectivity index (χ2n) is 3.65. The summed E-state index contributed by atoms with van der Waals surface area (Å²) in [6, 6.07) is 7.30. The van der Waals surface area contributed by atoms with E-state index in [2.05, 4.69) is 20.3 Å². The first kappa shape index (κ1) is 12.3. The molecule has 0 aliphatic carbocycles. The first-order valence-electron chi connectivity index (χ1n) is 5.39. The maximum absolute atomic E-state index is 12.6. The zero-order chi connectivity index (χ0) is 12.8. The molecule has 0 saturated carbocycles. The lowest BCUT2D eigenvalue weighted by Gasteiger charge is -2.05. The fourth-order valence-corrected chi connectivity index (χ4v) is 1.37. The SMILES string of the molecule is O=C(CNCc1ccon1)Nc1ccc(F)cc1. The van der Waals surface area contributed by atoms with Gasteiger partial charge in [-0.1, -0.05) is 5.16 Å². The smallest absolute Gasteiger partial charge is 0.238 e. The first-order chi connectivity index (χ1) is 8.74. The third-order valence-corrected chi connectivity index (χ3v) is 2.21. The number of nitrogens with zero attached hydrogens (tertiary/aromatic N) is 1. The van der Waals surface area contributed by atoms with E-state index in [9.17, 15) is 9.18 Å². The number of aromatic nitrogens is 1. The molecule has 2 rings (SSSR count). The van der Waals surface area contributed by atoms with Gasteiger partial charge in [-0.3, -0.25) is 4.79 Å². The first-order valence-corrected chi connectivity index (χ1v) is 5.39. The Kier molecular flexibility index (Phi) is 4.03. The molecule has 0 fully saturated rings. The molecule has 18 heavy (non-hydrogen) atoms. The summed E-state index contributed by atoms with van der Waals surface area (Å²) < 4.78 is 17.3. The summed E-state index contributed by atoms with van der Waals surface area (Å²) in [4.78, 5) is 11.5. The molecule has 0 aliphatic rings. The van der Waals surface area contributed by atoms with Crippen LogP contribution in [0, 0.1) is 5.82 Å². The van der Waals surface area contributed by atoms with Crippen molar-refractivity contribution in [2.24, 2.45) is 0 Å². The molecule has 0 aliphatic heterocycles. The lowest BCUT2D eigenvalue weighted by molar-refractivity contribution is -0.115. The van der Waals surface area contributed by atoms with Gasteiger partial charge in [-0.2, -0.15) is 0 Å². The Balaban J connectivity index is 1.73. The van der Waals surface area contributed by atoms with Crippen molar-refractivity contribution in [1.82, 2.24) is 10.5 Å². The van der Waals surface area contributed by atoms with Crippen LogP contribution in [-0.4, -0.2) is 17.6 Å². The van der Waals surface area contributed by atoms with Crippen molar-refractivity contribution >= 4 is 11.6 Å². The quantitative estimate of drug-likeness (QED) is 0.843. The van der Waals surface area contributed by atoms with Crippen LogP contribution in [0.25, 0.3) is 0 Å². The van der Waals surface area contributed by atoms with E-state index in [4.69, 9.17) is 0 Å². The lowest BCUT2D eigenvalue weighted by Crippen LogP contribution is -2.27. The molecule has 6 heteroatoms.